The van der Waals surface area contributed by atoms with Gasteiger partial charge in [0, 0.05) is 25.2 Å². The van der Waals surface area contributed by atoms with E-state index in [2.05, 4.69) is 22.5 Å². The van der Waals surface area contributed by atoms with Crippen LogP contribution in [0, 0.1) is 5.92 Å². The molecule has 1 aliphatic heterocycles. The maximum absolute atomic E-state index is 12.2. The highest BCUT2D eigenvalue weighted by Crippen LogP contribution is 2.30. The van der Waals surface area contributed by atoms with Gasteiger partial charge in [-0.05, 0) is 57.9 Å². The van der Waals surface area contributed by atoms with E-state index in [0.717, 1.165) is 38.3 Å². The van der Waals surface area contributed by atoms with E-state index in [1.807, 2.05) is 0 Å². The number of urea groups is 1. The average Bonchev–Trinajstić information content (AvgIpc) is 2.52. The summed E-state index contributed by atoms with van der Waals surface area (Å²) in [6.45, 7) is 4.86. The van der Waals surface area contributed by atoms with Crippen LogP contribution in [-0.2, 0) is 0 Å². The normalized spacial score (nSPS) is 29.5. The van der Waals surface area contributed by atoms with Crippen LogP contribution in [0.5, 0.6) is 0 Å². The second-order valence-electron chi connectivity index (χ2n) is 8.38. The van der Waals surface area contributed by atoms with Crippen LogP contribution in [-0.4, -0.2) is 53.4 Å². The van der Waals surface area contributed by atoms with Gasteiger partial charge in [-0.25, -0.2) is 4.79 Å². The van der Waals surface area contributed by atoms with Gasteiger partial charge >= 0.3 is 6.03 Å². The monoisotopic (exact) mass is 337 g/mol. The molecular weight excluding hydrogens is 302 g/mol. The summed E-state index contributed by atoms with van der Waals surface area (Å²) in [5.41, 5.74) is -0.690. The number of hydrogen-bond acceptors (Lipinski definition) is 3. The molecule has 2 saturated carbocycles. The van der Waals surface area contributed by atoms with Crippen LogP contribution in [0.3, 0.4) is 0 Å². The first-order valence-corrected chi connectivity index (χ1v) is 10.1. The lowest BCUT2D eigenvalue weighted by Gasteiger charge is -2.43. The van der Waals surface area contributed by atoms with Crippen molar-refractivity contribution >= 4 is 6.03 Å². The molecule has 0 aromatic rings. The Hall–Kier alpha value is -0.810. The van der Waals surface area contributed by atoms with Crippen molar-refractivity contribution in [2.24, 2.45) is 5.92 Å². The highest BCUT2D eigenvalue weighted by molar-refractivity contribution is 5.74. The zero-order chi connectivity index (χ0) is 17.0. The summed E-state index contributed by atoms with van der Waals surface area (Å²) in [6.07, 6.45) is 11.5. The first-order chi connectivity index (χ1) is 11.6. The van der Waals surface area contributed by atoms with Crippen LogP contribution in [0.15, 0.2) is 0 Å². The van der Waals surface area contributed by atoms with Gasteiger partial charge in [0.25, 0.3) is 0 Å². The first-order valence-electron chi connectivity index (χ1n) is 10.1. The molecule has 0 aromatic heterocycles. The molecular formula is C19H35N3O2. The molecule has 2 amide bonds. The van der Waals surface area contributed by atoms with Crippen molar-refractivity contribution in [1.29, 1.82) is 0 Å². The lowest BCUT2D eigenvalue weighted by atomic mass is 9.85. The number of carbonyl (C=O) groups excluding carboxylic acids is 1. The average molecular weight is 338 g/mol. The predicted molar refractivity (Wildman–Crippen MR) is 96.0 cm³/mol. The zero-order valence-electron chi connectivity index (χ0n) is 15.2. The van der Waals surface area contributed by atoms with E-state index in [1.165, 1.54) is 45.1 Å². The van der Waals surface area contributed by atoms with E-state index in [9.17, 15) is 9.90 Å². The van der Waals surface area contributed by atoms with Crippen molar-refractivity contribution in [3.05, 3.63) is 0 Å². The van der Waals surface area contributed by atoms with Gasteiger partial charge in [-0.3, -0.25) is 0 Å². The van der Waals surface area contributed by atoms with Gasteiger partial charge in [-0.1, -0.05) is 25.7 Å². The van der Waals surface area contributed by atoms with E-state index >= 15 is 0 Å². The Morgan fingerprint density at radius 2 is 1.92 bits per heavy atom. The van der Waals surface area contributed by atoms with E-state index in [-0.39, 0.29) is 12.1 Å². The number of amides is 2. The Labute approximate surface area is 146 Å². The lowest BCUT2D eigenvalue weighted by Crippen LogP contribution is -2.53. The van der Waals surface area contributed by atoms with Crippen LogP contribution in [0.1, 0.15) is 71.1 Å². The Morgan fingerprint density at radius 3 is 2.58 bits per heavy atom. The van der Waals surface area contributed by atoms with Gasteiger partial charge in [0.1, 0.15) is 0 Å². The Balaban J connectivity index is 1.40. The molecule has 138 valence electrons. The summed E-state index contributed by atoms with van der Waals surface area (Å²) in [5.74, 6) is 0.544. The minimum absolute atomic E-state index is 0.123. The van der Waals surface area contributed by atoms with Gasteiger partial charge < -0.3 is 20.6 Å². The lowest BCUT2D eigenvalue weighted by molar-refractivity contribution is 0.00698. The number of carbonyl (C=O) groups is 1. The standard InChI is InChI=1S/C19H35N3O2/c1-15(16-7-6-12-22(13-16)17-8-5-9-17)21-18(23)20-14-19(24)10-3-2-4-11-19/h15-17,24H,2-14H2,1H3,(H2,20,21,23). The number of hydrogen-bond donors (Lipinski definition) is 3. The van der Waals surface area contributed by atoms with Crippen molar-refractivity contribution in [3.8, 4) is 0 Å². The number of aliphatic hydroxyl groups is 1. The minimum atomic E-state index is -0.690. The molecule has 2 unspecified atom stereocenters. The van der Waals surface area contributed by atoms with Crippen molar-refractivity contribution in [2.75, 3.05) is 19.6 Å². The Kier molecular flexibility index (Phi) is 6.03. The van der Waals surface area contributed by atoms with Crippen molar-refractivity contribution in [1.82, 2.24) is 15.5 Å². The molecule has 1 heterocycles. The maximum Gasteiger partial charge on any atom is 0.315 e. The first kappa shape index (κ1) is 18.0. The van der Waals surface area contributed by atoms with E-state index < -0.39 is 5.60 Å². The fraction of sp³-hybridized carbons (Fsp3) is 0.947. The fourth-order valence-electron chi connectivity index (χ4n) is 4.54. The number of piperidine rings is 1. The summed E-state index contributed by atoms with van der Waals surface area (Å²) < 4.78 is 0. The van der Waals surface area contributed by atoms with Crippen molar-refractivity contribution in [3.63, 3.8) is 0 Å². The predicted octanol–water partition coefficient (Wildman–Crippen LogP) is 2.63. The molecule has 5 nitrogen and oxygen atoms in total. The number of likely N-dealkylation sites (tertiary alicyclic amines) is 1. The van der Waals surface area contributed by atoms with Crippen LogP contribution < -0.4 is 10.6 Å². The quantitative estimate of drug-likeness (QED) is 0.722. The third kappa shape index (κ3) is 4.63. The molecule has 3 N–H and O–H groups in total. The SMILES string of the molecule is CC(NC(=O)NCC1(O)CCCCC1)C1CCCN(C2CCC2)C1. The number of rotatable bonds is 5. The fourth-order valence-corrected chi connectivity index (χ4v) is 4.54. The molecule has 0 aromatic carbocycles. The molecule has 24 heavy (non-hydrogen) atoms. The molecule has 2 atom stereocenters. The molecule has 3 fully saturated rings. The maximum atomic E-state index is 12.2. The van der Waals surface area contributed by atoms with E-state index in [4.69, 9.17) is 0 Å². The molecule has 1 saturated heterocycles. The number of nitrogens with one attached hydrogen (secondary N) is 2. The van der Waals surface area contributed by atoms with Crippen molar-refractivity contribution in [2.45, 2.75) is 88.8 Å². The third-order valence-corrected chi connectivity index (χ3v) is 6.51. The van der Waals surface area contributed by atoms with Crippen LogP contribution in [0.4, 0.5) is 4.79 Å². The third-order valence-electron chi connectivity index (χ3n) is 6.51. The molecule has 2 aliphatic carbocycles. The zero-order valence-corrected chi connectivity index (χ0v) is 15.2. The van der Waals surface area contributed by atoms with Gasteiger partial charge in [0.15, 0.2) is 0 Å². The summed E-state index contributed by atoms with van der Waals surface area (Å²) in [4.78, 5) is 14.9. The summed E-state index contributed by atoms with van der Waals surface area (Å²) in [5, 5.41) is 16.5. The van der Waals surface area contributed by atoms with Crippen LogP contribution >= 0.6 is 0 Å². The van der Waals surface area contributed by atoms with Gasteiger partial charge in [0.05, 0.1) is 5.60 Å². The summed E-state index contributed by atoms with van der Waals surface area (Å²) in [6, 6.07) is 0.866. The number of nitrogens with zero attached hydrogens (tertiary/aromatic N) is 1. The molecule has 5 heteroatoms. The largest absolute Gasteiger partial charge is 0.388 e. The van der Waals surface area contributed by atoms with Gasteiger partial charge in [-0.2, -0.15) is 0 Å². The highest BCUT2D eigenvalue weighted by atomic mass is 16.3. The Morgan fingerprint density at radius 1 is 1.17 bits per heavy atom. The molecule has 0 radical (unpaired) electrons. The molecule has 0 bridgehead atoms. The van der Waals surface area contributed by atoms with E-state index in [1.54, 1.807) is 0 Å². The second kappa shape index (κ2) is 8.05. The molecule has 0 spiro atoms. The van der Waals surface area contributed by atoms with Gasteiger partial charge in [-0.15, -0.1) is 0 Å². The smallest absolute Gasteiger partial charge is 0.315 e. The molecule has 3 aliphatic rings. The second-order valence-corrected chi connectivity index (χ2v) is 8.38. The summed E-state index contributed by atoms with van der Waals surface area (Å²) >= 11 is 0. The van der Waals surface area contributed by atoms with Crippen molar-refractivity contribution < 1.29 is 9.90 Å². The van der Waals surface area contributed by atoms with Gasteiger partial charge in [0.2, 0.25) is 0 Å². The topological polar surface area (TPSA) is 64.6 Å². The minimum Gasteiger partial charge on any atom is -0.388 e. The Bertz CT molecular complexity index is 419. The highest BCUT2D eigenvalue weighted by Gasteiger charge is 2.33. The van der Waals surface area contributed by atoms with Crippen LogP contribution in [0.25, 0.3) is 0 Å². The van der Waals surface area contributed by atoms with Crippen LogP contribution in [0.2, 0.25) is 0 Å². The van der Waals surface area contributed by atoms with E-state index in [0.29, 0.717) is 12.5 Å². The summed E-state index contributed by atoms with van der Waals surface area (Å²) in [7, 11) is 0. The molecule has 3 rings (SSSR count).